The maximum absolute atomic E-state index is 10.9. The van der Waals surface area contributed by atoms with Crippen LogP contribution in [0, 0.1) is 23.2 Å². The van der Waals surface area contributed by atoms with E-state index in [1.54, 1.807) is 0 Å². The molecule has 3 aromatic carbocycles. The Bertz CT molecular complexity index is 1330. The summed E-state index contributed by atoms with van der Waals surface area (Å²) in [6.45, 7) is 0. The Morgan fingerprint density at radius 3 is 2.50 bits per heavy atom. The first kappa shape index (κ1) is 20.2. The van der Waals surface area contributed by atoms with Crippen molar-refractivity contribution in [3.8, 4) is 23.7 Å². The van der Waals surface area contributed by atoms with Crippen molar-refractivity contribution in [3.05, 3.63) is 88.8 Å². The van der Waals surface area contributed by atoms with E-state index in [0.29, 0.717) is 24.2 Å². The van der Waals surface area contributed by atoms with Gasteiger partial charge in [0.05, 0.1) is 5.92 Å². The van der Waals surface area contributed by atoms with Crippen LogP contribution < -0.4 is 10.5 Å². The molecule has 0 aromatic heterocycles. The molecule has 158 valence electrons. The molecule has 3 N–H and O–H groups in total. The fourth-order valence-corrected chi connectivity index (χ4v) is 4.81. The molecule has 4 heteroatoms. The summed E-state index contributed by atoms with van der Waals surface area (Å²) in [7, 11) is 0. The molecule has 1 fully saturated rings. The molecule has 0 bridgehead atoms. The number of allylic oxidation sites excluding steroid dienone is 1. The Balaban J connectivity index is 1.67. The zero-order valence-electron chi connectivity index (χ0n) is 17.8. The fraction of sp³-hybridized carbons (Fsp3) is 0.250. The van der Waals surface area contributed by atoms with E-state index in [0.717, 1.165) is 46.7 Å². The van der Waals surface area contributed by atoms with Gasteiger partial charge in [-0.25, -0.2) is 0 Å². The van der Waals surface area contributed by atoms with E-state index in [4.69, 9.17) is 10.5 Å². The van der Waals surface area contributed by atoms with Gasteiger partial charge in [0, 0.05) is 16.5 Å². The first-order chi connectivity index (χ1) is 15.6. The van der Waals surface area contributed by atoms with Crippen molar-refractivity contribution >= 4 is 10.8 Å². The molecule has 32 heavy (non-hydrogen) atoms. The molecule has 0 saturated heterocycles. The monoisotopic (exact) mass is 420 g/mol. The number of fused-ring (bicyclic) bond motifs is 3. The van der Waals surface area contributed by atoms with E-state index >= 15 is 0 Å². The largest absolute Gasteiger partial charge is 0.440 e. The van der Waals surface area contributed by atoms with Crippen LogP contribution in [0.3, 0.4) is 0 Å². The molecule has 1 aliphatic heterocycles. The van der Waals surface area contributed by atoms with Crippen LogP contribution in [-0.4, -0.2) is 10.7 Å². The number of nitrogens with zero attached hydrogens (tertiary/aromatic N) is 1. The average Bonchev–Trinajstić information content (AvgIpc) is 2.82. The maximum Gasteiger partial charge on any atom is 0.205 e. The Morgan fingerprint density at radius 2 is 1.69 bits per heavy atom. The molecule has 4 nitrogen and oxygen atoms in total. The lowest BCUT2D eigenvalue weighted by molar-refractivity contribution is 0.0610. The minimum absolute atomic E-state index is 0.120. The van der Waals surface area contributed by atoms with Crippen molar-refractivity contribution in [2.45, 2.75) is 43.6 Å². The van der Waals surface area contributed by atoms with Gasteiger partial charge in [0.2, 0.25) is 5.88 Å². The topological polar surface area (TPSA) is 79.3 Å². The van der Waals surface area contributed by atoms with E-state index in [-0.39, 0.29) is 11.8 Å². The molecule has 1 aliphatic carbocycles. The summed E-state index contributed by atoms with van der Waals surface area (Å²) in [5.41, 5.74) is 8.24. The first-order valence-electron chi connectivity index (χ1n) is 11.0. The highest BCUT2D eigenvalue weighted by Gasteiger charge is 2.33. The van der Waals surface area contributed by atoms with Gasteiger partial charge in [0.1, 0.15) is 23.0 Å². The summed E-state index contributed by atoms with van der Waals surface area (Å²) in [6, 6.07) is 22.1. The summed E-state index contributed by atoms with van der Waals surface area (Å²) in [6.07, 6.45) is 4.52. The molecule has 1 heterocycles. The van der Waals surface area contributed by atoms with Gasteiger partial charge in [-0.2, -0.15) is 5.26 Å². The number of hydrogen-bond donors (Lipinski definition) is 2. The van der Waals surface area contributed by atoms with Crippen LogP contribution in [0.15, 0.2) is 72.1 Å². The summed E-state index contributed by atoms with van der Waals surface area (Å²) in [5, 5.41) is 22.8. The standard InChI is InChI=1S/C28H24N2O2/c29-18-24-25(23-13-12-19-8-3-5-11-22(19)26(23)32-27(24)30)21-10-4-2-9-20(21)14-17-28(31)15-6-1-7-16-28/h2-5,8-13,25,31H,1,6-7,15-16,30H2. The lowest BCUT2D eigenvalue weighted by Gasteiger charge is -2.28. The van der Waals surface area contributed by atoms with Crippen molar-refractivity contribution in [1.82, 2.24) is 0 Å². The van der Waals surface area contributed by atoms with Crippen LogP contribution in [0.25, 0.3) is 10.8 Å². The Morgan fingerprint density at radius 1 is 0.938 bits per heavy atom. The molecule has 3 aromatic rings. The highest BCUT2D eigenvalue weighted by atomic mass is 16.5. The molecule has 1 saturated carbocycles. The second-order valence-electron chi connectivity index (χ2n) is 8.56. The van der Waals surface area contributed by atoms with Crippen LogP contribution in [0.2, 0.25) is 0 Å². The van der Waals surface area contributed by atoms with Gasteiger partial charge in [-0.1, -0.05) is 72.9 Å². The smallest absolute Gasteiger partial charge is 0.205 e. The Hall–Kier alpha value is -3.73. The van der Waals surface area contributed by atoms with Crippen molar-refractivity contribution in [2.75, 3.05) is 0 Å². The van der Waals surface area contributed by atoms with E-state index in [9.17, 15) is 10.4 Å². The predicted molar refractivity (Wildman–Crippen MR) is 125 cm³/mol. The van der Waals surface area contributed by atoms with Crippen LogP contribution in [0.4, 0.5) is 0 Å². The second-order valence-corrected chi connectivity index (χ2v) is 8.56. The van der Waals surface area contributed by atoms with E-state index < -0.39 is 5.60 Å². The number of nitrogens with two attached hydrogens (primary N) is 1. The summed E-state index contributed by atoms with van der Waals surface area (Å²) >= 11 is 0. The van der Waals surface area contributed by atoms with Gasteiger partial charge in [0.25, 0.3) is 0 Å². The van der Waals surface area contributed by atoms with Crippen molar-refractivity contribution in [1.29, 1.82) is 5.26 Å². The number of nitriles is 1. The molecule has 1 unspecified atom stereocenters. The molecule has 0 radical (unpaired) electrons. The van der Waals surface area contributed by atoms with Gasteiger partial charge < -0.3 is 15.6 Å². The zero-order chi connectivity index (χ0) is 22.1. The molecule has 5 rings (SSSR count). The second kappa shape index (κ2) is 8.08. The number of benzene rings is 3. The molecular formula is C28H24N2O2. The predicted octanol–water partition coefficient (Wildman–Crippen LogP) is 5.10. The maximum atomic E-state index is 10.9. The van der Waals surface area contributed by atoms with E-state index in [1.807, 2.05) is 60.7 Å². The summed E-state index contributed by atoms with van der Waals surface area (Å²) in [5.74, 6) is 6.78. The van der Waals surface area contributed by atoms with E-state index in [2.05, 4.69) is 17.9 Å². The normalized spacial score (nSPS) is 19.3. The number of rotatable bonds is 1. The quantitative estimate of drug-likeness (QED) is 0.537. The van der Waals surface area contributed by atoms with Crippen LogP contribution in [-0.2, 0) is 0 Å². The third kappa shape index (κ3) is 3.50. The van der Waals surface area contributed by atoms with Gasteiger partial charge in [-0.15, -0.1) is 0 Å². The number of hydrogen-bond acceptors (Lipinski definition) is 4. The Labute approximate surface area is 187 Å². The first-order valence-corrected chi connectivity index (χ1v) is 11.0. The van der Waals surface area contributed by atoms with Crippen LogP contribution >= 0.6 is 0 Å². The zero-order valence-corrected chi connectivity index (χ0v) is 17.8. The van der Waals surface area contributed by atoms with Gasteiger partial charge in [-0.05, 0) is 42.7 Å². The van der Waals surface area contributed by atoms with Crippen LogP contribution in [0.5, 0.6) is 5.75 Å². The average molecular weight is 421 g/mol. The number of aliphatic hydroxyl groups is 1. The van der Waals surface area contributed by atoms with Crippen molar-refractivity contribution < 1.29 is 9.84 Å². The third-order valence-electron chi connectivity index (χ3n) is 6.49. The molecule has 2 aliphatic rings. The minimum atomic E-state index is -0.942. The van der Waals surface area contributed by atoms with Gasteiger partial charge in [0.15, 0.2) is 0 Å². The van der Waals surface area contributed by atoms with E-state index in [1.165, 1.54) is 0 Å². The highest BCUT2D eigenvalue weighted by molar-refractivity contribution is 5.91. The lowest BCUT2D eigenvalue weighted by Crippen LogP contribution is -2.29. The van der Waals surface area contributed by atoms with Gasteiger partial charge in [-0.3, -0.25) is 0 Å². The van der Waals surface area contributed by atoms with Gasteiger partial charge >= 0.3 is 0 Å². The van der Waals surface area contributed by atoms with Crippen molar-refractivity contribution in [2.24, 2.45) is 5.73 Å². The fourth-order valence-electron chi connectivity index (χ4n) is 4.81. The summed E-state index contributed by atoms with van der Waals surface area (Å²) in [4.78, 5) is 0. The van der Waals surface area contributed by atoms with Crippen LogP contribution in [0.1, 0.15) is 54.7 Å². The lowest BCUT2D eigenvalue weighted by atomic mass is 9.80. The highest BCUT2D eigenvalue weighted by Crippen LogP contribution is 2.46. The summed E-state index contributed by atoms with van der Waals surface area (Å²) < 4.78 is 5.97. The van der Waals surface area contributed by atoms with Crippen molar-refractivity contribution in [3.63, 3.8) is 0 Å². The Kier molecular flexibility index (Phi) is 5.10. The SMILES string of the molecule is N#CC1=C(N)Oc2c(ccc3ccccc23)C1c1ccccc1C#CC1(O)CCCCC1. The minimum Gasteiger partial charge on any atom is -0.440 e. The third-order valence-corrected chi connectivity index (χ3v) is 6.49. The molecule has 1 atom stereocenters. The molecule has 0 spiro atoms. The molecular weight excluding hydrogens is 396 g/mol. The number of ether oxygens (including phenoxy) is 1. The molecule has 0 amide bonds.